The third-order valence-corrected chi connectivity index (χ3v) is 2.64. The Morgan fingerprint density at radius 2 is 1.87 bits per heavy atom. The number of tetrazole rings is 1. The smallest absolute Gasteiger partial charge is 0.259 e. The van der Waals surface area contributed by atoms with Crippen molar-refractivity contribution in [2.45, 2.75) is 6.92 Å². The Hall–Kier alpha value is -0.940. The van der Waals surface area contributed by atoms with Crippen LogP contribution in [0.2, 0.25) is 0 Å². The molecule has 0 aliphatic heterocycles. The molecule has 0 unspecified atom stereocenters. The molecule has 15 heavy (non-hydrogen) atoms. The lowest BCUT2D eigenvalue weighted by Crippen LogP contribution is -3.00. The van der Waals surface area contributed by atoms with E-state index in [0.717, 1.165) is 16.0 Å². The van der Waals surface area contributed by atoms with Crippen molar-refractivity contribution in [2.24, 2.45) is 7.05 Å². The Morgan fingerprint density at radius 1 is 1.27 bits per heavy atom. The van der Waals surface area contributed by atoms with Gasteiger partial charge in [0, 0.05) is 11.4 Å². The van der Waals surface area contributed by atoms with Gasteiger partial charge in [-0.2, -0.15) is 0 Å². The van der Waals surface area contributed by atoms with E-state index in [1.165, 1.54) is 0 Å². The number of hydrogen-bond donors (Lipinski definition) is 0. The molecule has 0 saturated carbocycles. The Morgan fingerprint density at radius 3 is 2.33 bits per heavy atom. The van der Waals surface area contributed by atoms with Crippen molar-refractivity contribution in [1.82, 2.24) is 15.1 Å². The predicted molar refractivity (Wildman–Crippen MR) is 55.0 cm³/mol. The van der Waals surface area contributed by atoms with Crippen molar-refractivity contribution in [1.29, 1.82) is 0 Å². The first-order valence-corrected chi connectivity index (χ1v) is 5.02. The van der Waals surface area contributed by atoms with Crippen LogP contribution in [-0.4, -0.2) is 15.1 Å². The van der Waals surface area contributed by atoms with E-state index < -0.39 is 0 Å². The van der Waals surface area contributed by atoms with Crippen molar-refractivity contribution < 1.29 is 17.1 Å². The van der Waals surface area contributed by atoms with E-state index in [0.29, 0.717) is 0 Å². The van der Waals surface area contributed by atoms with Crippen LogP contribution in [0.1, 0.15) is 5.82 Å². The second kappa shape index (κ2) is 4.72. The molecule has 0 fully saturated rings. The minimum Gasteiger partial charge on any atom is -1.00 e. The zero-order valence-corrected chi connectivity index (χ0v) is 10.7. The molecule has 0 amide bonds. The van der Waals surface area contributed by atoms with Gasteiger partial charge in [0.25, 0.3) is 5.82 Å². The third kappa shape index (κ3) is 2.35. The molecule has 2 rings (SSSR count). The van der Waals surface area contributed by atoms with Gasteiger partial charge in [-0.25, -0.2) is 0 Å². The van der Waals surface area contributed by atoms with Crippen LogP contribution >= 0.6 is 15.9 Å². The summed E-state index contributed by atoms with van der Waals surface area (Å²) in [5.74, 6) is 0.993. The van der Waals surface area contributed by atoms with Crippen LogP contribution in [0.3, 0.4) is 0 Å². The normalized spacial score (nSPS) is 9.80. The Labute approximate surface area is 102 Å². The summed E-state index contributed by atoms with van der Waals surface area (Å²) in [6.45, 7) is 1.97. The van der Waals surface area contributed by atoms with E-state index in [2.05, 4.69) is 26.4 Å². The molecule has 0 bridgehead atoms. The second-order valence-corrected chi connectivity index (χ2v) is 3.95. The maximum atomic E-state index is 4.03. The maximum absolute atomic E-state index is 4.03. The molecule has 6 heteroatoms. The first-order chi connectivity index (χ1) is 6.68. The van der Waals surface area contributed by atoms with Crippen LogP contribution in [0.25, 0.3) is 5.69 Å². The van der Waals surface area contributed by atoms with Crippen molar-refractivity contribution >= 4 is 15.9 Å². The number of halogens is 2. The van der Waals surface area contributed by atoms with Crippen LogP contribution in [-0.2, 0) is 7.05 Å². The van der Waals surface area contributed by atoms with Crippen LogP contribution in [0.15, 0.2) is 28.7 Å². The fourth-order valence-corrected chi connectivity index (χ4v) is 1.45. The summed E-state index contributed by atoms with van der Waals surface area (Å²) in [5, 5.41) is 7.96. The zero-order valence-electron chi connectivity index (χ0n) is 8.35. The van der Waals surface area contributed by atoms with E-state index in [1.54, 1.807) is 9.36 Å². The highest BCUT2D eigenvalue weighted by molar-refractivity contribution is 9.10. The van der Waals surface area contributed by atoms with E-state index in [-0.39, 0.29) is 12.4 Å². The Balaban J connectivity index is 0.00000112. The molecule has 1 heterocycles. The molecule has 0 aliphatic carbocycles. The summed E-state index contributed by atoms with van der Waals surface area (Å²) >= 11 is 3.39. The van der Waals surface area contributed by atoms with Crippen LogP contribution in [0, 0.1) is 6.92 Å². The SMILES string of the molecule is Cc1n(-c2ccc(Br)cc2)nn[n+]1C.[Cl-]. The van der Waals surface area contributed by atoms with Gasteiger partial charge in [-0.1, -0.05) is 20.6 Å². The molecule has 4 nitrogen and oxygen atoms in total. The number of benzene rings is 1. The number of nitrogens with zero attached hydrogens (tertiary/aromatic N) is 4. The molecule has 0 aliphatic rings. The number of aryl methyl sites for hydroxylation is 1. The van der Waals surface area contributed by atoms with Crippen LogP contribution in [0.5, 0.6) is 0 Å². The zero-order chi connectivity index (χ0) is 10.1. The largest absolute Gasteiger partial charge is 1.00 e. The molecule has 0 spiro atoms. The summed E-state index contributed by atoms with van der Waals surface area (Å²) in [6.07, 6.45) is 0. The molecule has 1 aromatic carbocycles. The second-order valence-electron chi connectivity index (χ2n) is 3.04. The average Bonchev–Trinajstić information content (AvgIpc) is 2.50. The lowest BCUT2D eigenvalue weighted by atomic mass is 10.3. The van der Waals surface area contributed by atoms with Crippen LogP contribution in [0.4, 0.5) is 0 Å². The van der Waals surface area contributed by atoms with Gasteiger partial charge >= 0.3 is 0 Å². The van der Waals surface area contributed by atoms with Gasteiger partial charge in [0.05, 0.1) is 7.05 Å². The quantitative estimate of drug-likeness (QED) is 0.579. The van der Waals surface area contributed by atoms with Crippen molar-refractivity contribution in [2.75, 3.05) is 0 Å². The monoisotopic (exact) mass is 288 g/mol. The summed E-state index contributed by atoms with van der Waals surface area (Å²) in [7, 11) is 1.87. The molecule has 80 valence electrons. The fraction of sp³-hybridized carbons (Fsp3) is 0.222. The lowest BCUT2D eigenvalue weighted by Gasteiger charge is -1.94. The van der Waals surface area contributed by atoms with Gasteiger partial charge < -0.3 is 12.4 Å². The molecule has 2 aromatic rings. The van der Waals surface area contributed by atoms with Gasteiger partial charge in [-0.05, 0) is 24.3 Å². The van der Waals surface area contributed by atoms with E-state index >= 15 is 0 Å². The molecular formula is C9H10BrClN4. The first-order valence-electron chi connectivity index (χ1n) is 4.23. The van der Waals surface area contributed by atoms with Crippen molar-refractivity contribution in [3.8, 4) is 5.69 Å². The highest BCUT2D eigenvalue weighted by Gasteiger charge is 2.14. The standard InChI is InChI=1S/C9H10BrN4.ClH/c1-7-13(2)11-12-14(7)9-5-3-8(10)4-6-9;/h3-6H,1-2H3;1H/q+1;/p-1. The van der Waals surface area contributed by atoms with Crippen molar-refractivity contribution in [3.63, 3.8) is 0 Å². The topological polar surface area (TPSA) is 34.6 Å². The van der Waals surface area contributed by atoms with E-state index in [4.69, 9.17) is 0 Å². The molecular weight excluding hydrogens is 279 g/mol. The van der Waals surface area contributed by atoms with Gasteiger partial charge in [0.15, 0.2) is 5.21 Å². The van der Waals surface area contributed by atoms with Gasteiger partial charge in [-0.3, -0.25) is 0 Å². The molecule has 0 atom stereocenters. The average molecular weight is 290 g/mol. The van der Waals surface area contributed by atoms with E-state index in [9.17, 15) is 0 Å². The molecule has 0 radical (unpaired) electrons. The van der Waals surface area contributed by atoms with E-state index in [1.807, 2.05) is 38.2 Å². The summed E-state index contributed by atoms with van der Waals surface area (Å²) in [4.78, 5) is 0. The summed E-state index contributed by atoms with van der Waals surface area (Å²) in [6, 6.07) is 7.95. The maximum Gasteiger partial charge on any atom is 0.259 e. The first kappa shape index (κ1) is 12.1. The van der Waals surface area contributed by atoms with Crippen molar-refractivity contribution in [3.05, 3.63) is 34.6 Å². The lowest BCUT2D eigenvalue weighted by molar-refractivity contribution is -0.737. The Kier molecular flexibility index (Phi) is 3.82. The van der Waals surface area contributed by atoms with Crippen LogP contribution < -0.4 is 17.1 Å². The highest BCUT2D eigenvalue weighted by Crippen LogP contribution is 2.13. The molecule has 1 aromatic heterocycles. The fourth-order valence-electron chi connectivity index (χ4n) is 1.19. The Bertz CT molecular complexity index is 452. The number of aromatic nitrogens is 4. The third-order valence-electron chi connectivity index (χ3n) is 2.11. The predicted octanol–water partition coefficient (Wildman–Crippen LogP) is -1.83. The number of rotatable bonds is 1. The molecule has 0 saturated heterocycles. The van der Waals surface area contributed by atoms with Gasteiger partial charge in [0.1, 0.15) is 10.9 Å². The highest BCUT2D eigenvalue weighted by atomic mass is 79.9. The van der Waals surface area contributed by atoms with Gasteiger partial charge in [0.2, 0.25) is 0 Å². The minimum absolute atomic E-state index is 0. The van der Waals surface area contributed by atoms with Gasteiger partial charge in [-0.15, -0.1) is 4.68 Å². The minimum atomic E-state index is 0. The summed E-state index contributed by atoms with van der Waals surface area (Å²) in [5.41, 5.74) is 1.01. The molecule has 0 N–H and O–H groups in total. The number of hydrogen-bond acceptors (Lipinski definition) is 2. The summed E-state index contributed by atoms with van der Waals surface area (Å²) < 4.78 is 4.59.